The number of ether oxygens (including phenoxy) is 3. The molecule has 0 unspecified atom stereocenters. The number of esters is 1. The molecular weight excluding hydrogens is 298 g/mol. The van der Waals surface area contributed by atoms with E-state index in [9.17, 15) is 4.79 Å². The van der Waals surface area contributed by atoms with E-state index in [0.29, 0.717) is 28.5 Å². The van der Waals surface area contributed by atoms with Crippen molar-refractivity contribution in [1.29, 1.82) is 0 Å². The summed E-state index contributed by atoms with van der Waals surface area (Å²) in [5.74, 6) is 1.34. The Balaban J connectivity index is 1.79. The fourth-order valence-electron chi connectivity index (χ4n) is 2.11. The summed E-state index contributed by atoms with van der Waals surface area (Å²) in [5, 5.41) is 4.30. The summed E-state index contributed by atoms with van der Waals surface area (Å²) in [7, 11) is 2.92. The summed E-state index contributed by atoms with van der Waals surface area (Å²) in [5.41, 5.74) is 0.969. The van der Waals surface area contributed by atoms with Crippen LogP contribution in [0.2, 0.25) is 0 Å². The molecule has 0 bridgehead atoms. The highest BCUT2D eigenvalue weighted by Gasteiger charge is 2.10. The maximum absolute atomic E-state index is 11.5. The summed E-state index contributed by atoms with van der Waals surface area (Å²) >= 11 is 0. The number of hydrogen-bond acceptors (Lipinski definition) is 6. The number of nitrogens with zero attached hydrogens (tertiary/aromatic N) is 3. The van der Waals surface area contributed by atoms with Crippen LogP contribution in [0.15, 0.2) is 42.6 Å². The molecule has 3 rings (SSSR count). The first-order valence-electron chi connectivity index (χ1n) is 6.90. The highest BCUT2D eigenvalue weighted by Crippen LogP contribution is 2.26. The van der Waals surface area contributed by atoms with Gasteiger partial charge in [0.05, 0.1) is 19.8 Å². The third kappa shape index (κ3) is 3.08. The fraction of sp³-hybridized carbons (Fsp3) is 0.188. The second kappa shape index (κ2) is 6.35. The first-order chi connectivity index (χ1) is 11.2. The minimum Gasteiger partial charge on any atom is -0.493 e. The van der Waals surface area contributed by atoms with Gasteiger partial charge in [0.25, 0.3) is 0 Å². The van der Waals surface area contributed by atoms with Crippen molar-refractivity contribution in [2.75, 3.05) is 14.2 Å². The second-order valence-electron chi connectivity index (χ2n) is 4.68. The minimum absolute atomic E-state index is 0.190. The lowest BCUT2D eigenvalue weighted by Gasteiger charge is -2.08. The standard InChI is InChI=1S/C16H15N3O4/c1-21-12-5-3-4-6-13(12)23-10-14-17-15-9-11(16(20)22-2)7-8-19(15)18-14/h3-9H,10H2,1-2H3. The van der Waals surface area contributed by atoms with Gasteiger partial charge in [-0.3, -0.25) is 0 Å². The van der Waals surface area contributed by atoms with Gasteiger partial charge in [0, 0.05) is 6.20 Å². The van der Waals surface area contributed by atoms with Crippen LogP contribution in [0.25, 0.3) is 5.65 Å². The zero-order valence-electron chi connectivity index (χ0n) is 12.7. The summed E-state index contributed by atoms with van der Waals surface area (Å²) in [6.07, 6.45) is 1.65. The van der Waals surface area contributed by atoms with Gasteiger partial charge in [-0.25, -0.2) is 14.3 Å². The van der Waals surface area contributed by atoms with Crippen LogP contribution in [0.1, 0.15) is 16.2 Å². The molecule has 0 fully saturated rings. The van der Waals surface area contributed by atoms with Crippen molar-refractivity contribution in [2.24, 2.45) is 0 Å². The van der Waals surface area contributed by atoms with Crippen molar-refractivity contribution >= 4 is 11.6 Å². The molecular formula is C16H15N3O4. The van der Waals surface area contributed by atoms with E-state index in [-0.39, 0.29) is 6.61 Å². The van der Waals surface area contributed by atoms with E-state index in [1.807, 2.05) is 24.3 Å². The lowest BCUT2D eigenvalue weighted by atomic mass is 10.3. The largest absolute Gasteiger partial charge is 0.493 e. The number of pyridine rings is 1. The Labute approximate surface area is 132 Å². The molecule has 0 saturated heterocycles. The topological polar surface area (TPSA) is 75.0 Å². The number of aromatic nitrogens is 3. The van der Waals surface area contributed by atoms with Gasteiger partial charge in [-0.2, -0.15) is 0 Å². The highest BCUT2D eigenvalue weighted by atomic mass is 16.5. The SMILES string of the molecule is COC(=O)c1ccn2nc(COc3ccccc3OC)nc2c1. The number of hydrogen-bond donors (Lipinski definition) is 0. The zero-order chi connectivity index (χ0) is 16.2. The maximum Gasteiger partial charge on any atom is 0.338 e. The number of carbonyl (C=O) groups is 1. The highest BCUT2D eigenvalue weighted by molar-refractivity contribution is 5.90. The van der Waals surface area contributed by atoms with Crippen molar-refractivity contribution < 1.29 is 19.0 Å². The van der Waals surface area contributed by atoms with E-state index in [1.54, 1.807) is 30.0 Å². The maximum atomic E-state index is 11.5. The normalized spacial score (nSPS) is 10.5. The van der Waals surface area contributed by atoms with Crippen molar-refractivity contribution in [3.8, 4) is 11.5 Å². The average Bonchev–Trinajstić information content (AvgIpc) is 3.01. The van der Waals surface area contributed by atoms with Gasteiger partial charge in [-0.05, 0) is 24.3 Å². The minimum atomic E-state index is -0.415. The van der Waals surface area contributed by atoms with Crippen LogP contribution in [0.4, 0.5) is 0 Å². The third-order valence-corrected chi connectivity index (χ3v) is 3.23. The number of methoxy groups -OCH3 is 2. The lowest BCUT2D eigenvalue weighted by molar-refractivity contribution is 0.0600. The van der Waals surface area contributed by atoms with Crippen molar-refractivity contribution in [1.82, 2.24) is 14.6 Å². The molecule has 7 heteroatoms. The molecule has 118 valence electrons. The molecule has 23 heavy (non-hydrogen) atoms. The number of rotatable bonds is 5. The number of carbonyl (C=O) groups excluding carboxylic acids is 1. The predicted molar refractivity (Wildman–Crippen MR) is 81.7 cm³/mol. The molecule has 0 atom stereocenters. The molecule has 0 spiro atoms. The number of para-hydroxylation sites is 2. The van der Waals surface area contributed by atoms with Crippen LogP contribution in [0, 0.1) is 0 Å². The molecule has 7 nitrogen and oxygen atoms in total. The number of benzene rings is 1. The van der Waals surface area contributed by atoms with Crippen LogP contribution in [0.5, 0.6) is 11.5 Å². The predicted octanol–water partition coefficient (Wildman–Crippen LogP) is 2.10. The van der Waals surface area contributed by atoms with Gasteiger partial charge in [0.1, 0.15) is 6.61 Å². The Kier molecular flexibility index (Phi) is 4.09. The first kappa shape index (κ1) is 14.8. The molecule has 2 aromatic heterocycles. The summed E-state index contributed by atoms with van der Waals surface area (Å²) in [6, 6.07) is 10.6. The van der Waals surface area contributed by atoms with Gasteiger partial charge < -0.3 is 14.2 Å². The molecule has 3 aromatic rings. The van der Waals surface area contributed by atoms with Crippen molar-refractivity contribution in [3.63, 3.8) is 0 Å². The number of fused-ring (bicyclic) bond motifs is 1. The van der Waals surface area contributed by atoms with Crippen LogP contribution >= 0.6 is 0 Å². The smallest absolute Gasteiger partial charge is 0.338 e. The summed E-state index contributed by atoms with van der Waals surface area (Å²) < 4.78 is 17.2. The van der Waals surface area contributed by atoms with Crippen LogP contribution in [0.3, 0.4) is 0 Å². The first-order valence-corrected chi connectivity index (χ1v) is 6.90. The molecule has 0 radical (unpaired) electrons. The van der Waals surface area contributed by atoms with E-state index in [0.717, 1.165) is 0 Å². The van der Waals surface area contributed by atoms with Crippen LogP contribution in [-0.4, -0.2) is 34.8 Å². The monoisotopic (exact) mass is 313 g/mol. The fourth-order valence-corrected chi connectivity index (χ4v) is 2.11. The van der Waals surface area contributed by atoms with E-state index < -0.39 is 5.97 Å². The quantitative estimate of drug-likeness (QED) is 0.672. The van der Waals surface area contributed by atoms with E-state index in [1.165, 1.54) is 7.11 Å². The Bertz CT molecular complexity index is 844. The van der Waals surface area contributed by atoms with Crippen molar-refractivity contribution in [3.05, 3.63) is 54.0 Å². The third-order valence-electron chi connectivity index (χ3n) is 3.23. The Morgan fingerprint density at radius 2 is 1.96 bits per heavy atom. The van der Waals surface area contributed by atoms with Gasteiger partial charge in [-0.1, -0.05) is 12.1 Å². The molecule has 0 saturated carbocycles. The average molecular weight is 313 g/mol. The van der Waals surface area contributed by atoms with Gasteiger partial charge >= 0.3 is 5.97 Å². The van der Waals surface area contributed by atoms with Crippen LogP contribution < -0.4 is 9.47 Å². The molecule has 0 aliphatic heterocycles. The Morgan fingerprint density at radius 3 is 2.70 bits per heavy atom. The van der Waals surface area contributed by atoms with Crippen molar-refractivity contribution in [2.45, 2.75) is 6.61 Å². The molecule has 0 aliphatic rings. The van der Waals surface area contributed by atoms with Crippen LogP contribution in [-0.2, 0) is 11.3 Å². The van der Waals surface area contributed by atoms with Gasteiger partial charge in [-0.15, -0.1) is 5.10 Å². The van der Waals surface area contributed by atoms with E-state index in [2.05, 4.69) is 14.8 Å². The van der Waals surface area contributed by atoms with E-state index >= 15 is 0 Å². The molecule has 0 aliphatic carbocycles. The lowest BCUT2D eigenvalue weighted by Crippen LogP contribution is -2.02. The summed E-state index contributed by atoms with van der Waals surface area (Å²) in [6.45, 7) is 0.190. The molecule has 0 amide bonds. The zero-order valence-corrected chi connectivity index (χ0v) is 12.7. The molecule has 2 heterocycles. The van der Waals surface area contributed by atoms with Gasteiger partial charge in [0.15, 0.2) is 23.0 Å². The van der Waals surface area contributed by atoms with Gasteiger partial charge in [0.2, 0.25) is 0 Å². The second-order valence-corrected chi connectivity index (χ2v) is 4.68. The summed E-state index contributed by atoms with van der Waals surface area (Å²) in [4.78, 5) is 15.9. The molecule has 0 N–H and O–H groups in total. The Morgan fingerprint density at radius 1 is 1.17 bits per heavy atom. The van der Waals surface area contributed by atoms with E-state index in [4.69, 9.17) is 9.47 Å². The Hall–Kier alpha value is -3.09. The molecule has 1 aromatic carbocycles.